The number of rotatable bonds is 4. The zero-order valence-electron chi connectivity index (χ0n) is 14.8. The monoisotopic (exact) mass is 402 g/mol. The van der Waals surface area contributed by atoms with Crippen LogP contribution in [0.3, 0.4) is 0 Å². The third kappa shape index (κ3) is 5.35. The number of hydrogen-bond acceptors (Lipinski definition) is 7. The van der Waals surface area contributed by atoms with Gasteiger partial charge in [0.15, 0.2) is 6.10 Å². The number of halogens is 3. The molecule has 1 heterocycles. The predicted octanol–water partition coefficient (Wildman–Crippen LogP) is 3.01. The Balaban J connectivity index is 2.36. The van der Waals surface area contributed by atoms with E-state index in [9.17, 15) is 23.1 Å². The minimum Gasteiger partial charge on any atom is -0.453 e. The first-order chi connectivity index (χ1) is 13.1. The number of azide groups is 1. The Labute approximate surface area is 157 Å². The third-order valence-electron chi connectivity index (χ3n) is 3.73. The molecule has 1 fully saturated rings. The Morgan fingerprint density at radius 3 is 2.46 bits per heavy atom. The van der Waals surface area contributed by atoms with Crippen LogP contribution in [0.2, 0.25) is 0 Å². The van der Waals surface area contributed by atoms with Crippen LogP contribution >= 0.6 is 0 Å². The van der Waals surface area contributed by atoms with Crippen molar-refractivity contribution in [2.75, 3.05) is 0 Å². The molecule has 28 heavy (non-hydrogen) atoms. The Morgan fingerprint density at radius 2 is 1.93 bits per heavy atom. The molecule has 152 valence electrons. The van der Waals surface area contributed by atoms with Crippen molar-refractivity contribution < 1.29 is 37.3 Å². The summed E-state index contributed by atoms with van der Waals surface area (Å²) in [6.45, 7) is 2.36. The maximum atomic E-state index is 13.4. The van der Waals surface area contributed by atoms with Crippen molar-refractivity contribution >= 4 is 17.6 Å². The van der Waals surface area contributed by atoms with E-state index in [1.54, 1.807) is 6.07 Å². The van der Waals surface area contributed by atoms with E-state index in [1.165, 1.54) is 31.2 Å². The van der Waals surface area contributed by atoms with Gasteiger partial charge in [0.2, 0.25) is 6.29 Å². The van der Waals surface area contributed by atoms with Crippen molar-refractivity contribution in [3.05, 3.63) is 40.8 Å². The van der Waals surface area contributed by atoms with E-state index in [0.717, 1.165) is 6.92 Å². The Kier molecular flexibility index (Phi) is 6.84. The van der Waals surface area contributed by atoms with E-state index in [4.69, 9.17) is 19.7 Å². The zero-order valence-corrected chi connectivity index (χ0v) is 14.8. The number of hydrogen-bond donors (Lipinski definition) is 1. The molecule has 1 aromatic rings. The van der Waals surface area contributed by atoms with E-state index in [2.05, 4.69) is 15.0 Å². The lowest BCUT2D eigenvalue weighted by molar-refractivity contribution is -0.257. The second-order valence-corrected chi connectivity index (χ2v) is 5.84. The Morgan fingerprint density at radius 1 is 1.29 bits per heavy atom. The summed E-state index contributed by atoms with van der Waals surface area (Å²) in [5.74, 6) is -2.55. The quantitative estimate of drug-likeness (QED) is 0.207. The van der Waals surface area contributed by atoms with Gasteiger partial charge in [-0.25, -0.2) is 4.99 Å². The summed E-state index contributed by atoms with van der Waals surface area (Å²) < 4.78 is 55.2. The molecule has 1 aliphatic rings. The summed E-state index contributed by atoms with van der Waals surface area (Å²) in [6.07, 6.45) is -11.2. The van der Waals surface area contributed by atoms with Gasteiger partial charge in [0, 0.05) is 11.8 Å². The summed E-state index contributed by atoms with van der Waals surface area (Å²) in [4.78, 5) is 17.3. The van der Waals surface area contributed by atoms with Crippen molar-refractivity contribution in [3.63, 3.8) is 0 Å². The fourth-order valence-electron chi connectivity index (χ4n) is 2.52. The number of aliphatic hydroxyl groups is 1. The number of aliphatic hydroxyl groups excluding tert-OH is 1. The van der Waals surface area contributed by atoms with Crippen LogP contribution in [0.15, 0.2) is 40.4 Å². The Bertz CT molecular complexity index is 767. The molecular weight excluding hydrogens is 385 g/mol. The second kappa shape index (κ2) is 8.91. The molecule has 0 amide bonds. The van der Waals surface area contributed by atoms with Crippen LogP contribution in [0.4, 0.5) is 18.9 Å². The van der Waals surface area contributed by atoms with Crippen LogP contribution in [0.1, 0.15) is 13.8 Å². The van der Waals surface area contributed by atoms with Gasteiger partial charge in [-0.05, 0) is 24.6 Å². The first-order valence-corrected chi connectivity index (χ1v) is 8.06. The van der Waals surface area contributed by atoms with Crippen LogP contribution in [0.25, 0.3) is 10.4 Å². The number of carbonyl (C=O) groups is 1. The highest BCUT2D eigenvalue weighted by Gasteiger charge is 2.49. The molecule has 0 saturated carbocycles. The first-order valence-electron chi connectivity index (χ1n) is 8.06. The van der Waals surface area contributed by atoms with Gasteiger partial charge in [-0.3, -0.25) is 4.79 Å². The summed E-state index contributed by atoms with van der Waals surface area (Å²) in [5, 5.41) is 13.7. The minimum absolute atomic E-state index is 0.0322. The van der Waals surface area contributed by atoms with E-state index < -0.39 is 48.7 Å². The lowest BCUT2D eigenvalue weighted by Gasteiger charge is -2.41. The van der Waals surface area contributed by atoms with Crippen LogP contribution in [0.5, 0.6) is 0 Å². The van der Waals surface area contributed by atoms with Crippen LogP contribution in [0, 0.1) is 0 Å². The standard InChI is InChI=1S/C16H17F3N4O5/c1-8-11(22-23-20)12(25)13(27-9(2)24)14(26-8)28-15(16(17,18)19)21-10-6-4-3-5-7-10/h3-8,11-14,25H,1-2H3/b21-15+/t8-,11-,12+,13+,14-/m1/s1. The molecule has 0 aromatic heterocycles. The topological polar surface area (TPSA) is 126 Å². The number of benzene rings is 1. The highest BCUT2D eigenvalue weighted by molar-refractivity contribution is 5.84. The summed E-state index contributed by atoms with van der Waals surface area (Å²) in [6, 6.07) is 6.03. The number of nitrogens with zero attached hydrogens (tertiary/aromatic N) is 4. The average molecular weight is 402 g/mol. The van der Waals surface area contributed by atoms with E-state index >= 15 is 0 Å². The van der Waals surface area contributed by atoms with Crippen LogP contribution < -0.4 is 0 Å². The van der Waals surface area contributed by atoms with Crippen LogP contribution in [-0.2, 0) is 19.0 Å². The average Bonchev–Trinajstić information content (AvgIpc) is 2.61. The van der Waals surface area contributed by atoms with Gasteiger partial charge in [-0.1, -0.05) is 23.3 Å². The number of para-hydroxylation sites is 1. The summed E-state index contributed by atoms with van der Waals surface area (Å²) in [7, 11) is 0. The van der Waals surface area contributed by atoms with E-state index in [-0.39, 0.29) is 5.69 Å². The first kappa shape index (κ1) is 21.5. The number of aliphatic imine (C=N–C) groups is 1. The molecular formula is C16H17F3N4O5. The van der Waals surface area contributed by atoms with Gasteiger partial charge in [0.05, 0.1) is 17.8 Å². The smallest absolute Gasteiger partial charge is 0.453 e. The van der Waals surface area contributed by atoms with E-state index in [1.807, 2.05) is 0 Å². The van der Waals surface area contributed by atoms with Crippen molar-refractivity contribution in [1.82, 2.24) is 0 Å². The maximum Gasteiger partial charge on any atom is 0.468 e. The van der Waals surface area contributed by atoms with Crippen LogP contribution in [-0.4, -0.2) is 53.8 Å². The zero-order chi connectivity index (χ0) is 20.9. The van der Waals surface area contributed by atoms with Crippen molar-refractivity contribution in [1.29, 1.82) is 0 Å². The normalized spacial score (nSPS) is 28.2. The van der Waals surface area contributed by atoms with Crippen molar-refractivity contribution in [3.8, 4) is 0 Å². The molecule has 12 heteroatoms. The second-order valence-electron chi connectivity index (χ2n) is 5.84. The van der Waals surface area contributed by atoms with Gasteiger partial charge < -0.3 is 19.3 Å². The summed E-state index contributed by atoms with van der Waals surface area (Å²) >= 11 is 0. The van der Waals surface area contributed by atoms with Gasteiger partial charge >= 0.3 is 12.1 Å². The summed E-state index contributed by atoms with van der Waals surface area (Å²) in [5.41, 5.74) is 8.56. The van der Waals surface area contributed by atoms with Gasteiger partial charge in [-0.2, -0.15) is 13.2 Å². The maximum absolute atomic E-state index is 13.4. The fourth-order valence-corrected chi connectivity index (χ4v) is 2.52. The number of esters is 1. The van der Waals surface area contributed by atoms with Crippen molar-refractivity contribution in [2.24, 2.45) is 10.1 Å². The molecule has 1 aliphatic heterocycles. The molecule has 2 rings (SSSR count). The molecule has 0 unspecified atom stereocenters. The van der Waals surface area contributed by atoms with E-state index in [0.29, 0.717) is 0 Å². The Hall–Kier alpha value is -2.82. The largest absolute Gasteiger partial charge is 0.468 e. The highest BCUT2D eigenvalue weighted by Crippen LogP contribution is 2.30. The third-order valence-corrected chi connectivity index (χ3v) is 3.73. The molecule has 5 atom stereocenters. The minimum atomic E-state index is -4.99. The molecule has 0 aliphatic carbocycles. The molecule has 0 spiro atoms. The highest BCUT2D eigenvalue weighted by atomic mass is 19.4. The van der Waals surface area contributed by atoms with Gasteiger partial charge in [0.25, 0.3) is 5.90 Å². The predicted molar refractivity (Wildman–Crippen MR) is 89.5 cm³/mol. The molecule has 1 N–H and O–H groups in total. The lowest BCUT2D eigenvalue weighted by atomic mass is 9.97. The van der Waals surface area contributed by atoms with Crippen molar-refractivity contribution in [2.45, 2.75) is 50.7 Å². The molecule has 0 radical (unpaired) electrons. The number of ether oxygens (including phenoxy) is 3. The molecule has 1 saturated heterocycles. The molecule has 1 aromatic carbocycles. The number of alkyl halides is 3. The number of carbonyl (C=O) groups excluding carboxylic acids is 1. The lowest BCUT2D eigenvalue weighted by Crippen LogP contribution is -2.58. The van der Waals surface area contributed by atoms with Gasteiger partial charge in [0.1, 0.15) is 6.10 Å². The fraction of sp³-hybridized carbons (Fsp3) is 0.500. The molecule has 9 nitrogen and oxygen atoms in total. The molecule has 0 bridgehead atoms. The SMILES string of the molecule is CC(=O)O[C@@H]1[C@@H](O/C(=N/c2ccccc2)C(F)(F)F)O[C@H](C)[C@@H](N=[N+]=[N-])[C@@H]1O. The van der Waals surface area contributed by atoms with Gasteiger partial charge in [-0.15, -0.1) is 0 Å².